The Morgan fingerprint density at radius 2 is 1.48 bits per heavy atom. The Bertz CT molecular complexity index is 1040. The molecule has 7 nitrogen and oxygen atoms in total. The van der Waals surface area contributed by atoms with Gasteiger partial charge in [0.25, 0.3) is 11.8 Å². The van der Waals surface area contributed by atoms with E-state index in [0.29, 0.717) is 5.56 Å². The number of hydrogen-bond acceptors (Lipinski definition) is 5. The number of carboxylic acids is 1. The molecule has 0 saturated heterocycles. The maximum atomic E-state index is 14.5. The molecule has 0 aliphatic rings. The standard InChI is InChI=1S/C20H15F2N3O4/c1-10-15(21)18(28-13-6-2-4-11(8-13)17(23)24)25-19(16(10)22)29-14-7-3-5-12(9-14)20(26)27/h2-9H,1H3,(H3,23,24)(H,26,27). The molecule has 0 unspecified atom stereocenters. The molecule has 2 aromatic carbocycles. The van der Waals surface area contributed by atoms with Crippen molar-refractivity contribution in [1.82, 2.24) is 4.98 Å². The molecular weight excluding hydrogens is 384 g/mol. The van der Waals surface area contributed by atoms with E-state index < -0.39 is 29.4 Å². The lowest BCUT2D eigenvalue weighted by molar-refractivity contribution is 0.0696. The van der Waals surface area contributed by atoms with E-state index in [1.807, 2.05) is 0 Å². The van der Waals surface area contributed by atoms with Gasteiger partial charge in [-0.3, -0.25) is 5.41 Å². The van der Waals surface area contributed by atoms with Gasteiger partial charge in [0.1, 0.15) is 17.3 Å². The Kier molecular flexibility index (Phi) is 5.40. The van der Waals surface area contributed by atoms with Crippen LogP contribution in [0.2, 0.25) is 0 Å². The SMILES string of the molecule is Cc1c(F)c(Oc2cccc(C(=N)N)c2)nc(Oc2cccc(C(=O)O)c2)c1F. The molecule has 0 bridgehead atoms. The molecule has 1 aromatic heterocycles. The first kappa shape index (κ1) is 19.7. The summed E-state index contributed by atoms with van der Waals surface area (Å²) in [4.78, 5) is 14.8. The topological polar surface area (TPSA) is 119 Å². The summed E-state index contributed by atoms with van der Waals surface area (Å²) in [5.41, 5.74) is 5.31. The smallest absolute Gasteiger partial charge is 0.335 e. The van der Waals surface area contributed by atoms with E-state index in [1.165, 1.54) is 43.3 Å². The molecule has 0 fully saturated rings. The van der Waals surface area contributed by atoms with Crippen molar-refractivity contribution in [3.8, 4) is 23.3 Å². The largest absolute Gasteiger partial charge is 0.478 e. The first-order valence-electron chi connectivity index (χ1n) is 8.25. The van der Waals surface area contributed by atoms with Gasteiger partial charge < -0.3 is 20.3 Å². The van der Waals surface area contributed by atoms with Crippen LogP contribution in [0.4, 0.5) is 8.78 Å². The van der Waals surface area contributed by atoms with Crippen molar-refractivity contribution in [1.29, 1.82) is 5.41 Å². The van der Waals surface area contributed by atoms with E-state index in [-0.39, 0.29) is 28.5 Å². The molecule has 0 spiro atoms. The quantitative estimate of drug-likeness (QED) is 0.422. The van der Waals surface area contributed by atoms with Crippen LogP contribution in [0.1, 0.15) is 21.5 Å². The molecular formula is C20H15F2N3O4. The average Bonchev–Trinajstić information content (AvgIpc) is 2.70. The van der Waals surface area contributed by atoms with Gasteiger partial charge in [-0.25, -0.2) is 13.6 Å². The van der Waals surface area contributed by atoms with Crippen LogP contribution in [0.3, 0.4) is 0 Å². The molecule has 1 heterocycles. The molecule has 0 aliphatic carbocycles. The lowest BCUT2D eigenvalue weighted by atomic mass is 10.2. The number of nitrogens with two attached hydrogens (primary N) is 1. The number of nitrogens with one attached hydrogen (secondary N) is 1. The van der Waals surface area contributed by atoms with E-state index >= 15 is 0 Å². The highest BCUT2D eigenvalue weighted by atomic mass is 19.1. The van der Waals surface area contributed by atoms with Gasteiger partial charge in [-0.05, 0) is 37.3 Å². The number of aromatic nitrogens is 1. The van der Waals surface area contributed by atoms with Crippen molar-refractivity contribution >= 4 is 11.8 Å². The predicted molar refractivity (Wildman–Crippen MR) is 99.9 cm³/mol. The fourth-order valence-corrected chi connectivity index (χ4v) is 2.39. The molecule has 3 rings (SSSR count). The van der Waals surface area contributed by atoms with Crippen LogP contribution in [-0.2, 0) is 0 Å². The summed E-state index contributed by atoms with van der Waals surface area (Å²) >= 11 is 0. The number of nitrogen functional groups attached to an aromatic ring is 1. The fraction of sp³-hybridized carbons (Fsp3) is 0.0500. The second-order valence-corrected chi connectivity index (χ2v) is 5.95. The maximum absolute atomic E-state index is 14.5. The summed E-state index contributed by atoms with van der Waals surface area (Å²) in [7, 11) is 0. The second-order valence-electron chi connectivity index (χ2n) is 5.95. The summed E-state index contributed by atoms with van der Waals surface area (Å²) in [5.74, 6) is -4.45. The Morgan fingerprint density at radius 1 is 1.00 bits per heavy atom. The number of benzene rings is 2. The normalized spacial score (nSPS) is 10.4. The summed E-state index contributed by atoms with van der Waals surface area (Å²) in [5, 5.41) is 16.5. The van der Waals surface area contributed by atoms with Crippen LogP contribution in [0.5, 0.6) is 23.3 Å². The minimum absolute atomic E-state index is 0.00633. The third-order valence-corrected chi connectivity index (χ3v) is 3.89. The van der Waals surface area contributed by atoms with E-state index in [1.54, 1.807) is 12.1 Å². The Balaban J connectivity index is 1.97. The molecule has 3 aromatic rings. The molecule has 0 amide bonds. The van der Waals surface area contributed by atoms with Gasteiger partial charge in [-0.2, -0.15) is 4.98 Å². The lowest BCUT2D eigenvalue weighted by Crippen LogP contribution is -2.10. The summed E-state index contributed by atoms with van der Waals surface area (Å²) in [6.07, 6.45) is 0. The average molecular weight is 399 g/mol. The number of nitrogens with zero attached hydrogens (tertiary/aromatic N) is 1. The third kappa shape index (κ3) is 4.29. The van der Waals surface area contributed by atoms with Crippen LogP contribution >= 0.6 is 0 Å². The molecule has 0 aliphatic heterocycles. The summed E-state index contributed by atoms with van der Waals surface area (Å²) < 4.78 is 39.6. The van der Waals surface area contributed by atoms with Gasteiger partial charge in [0.05, 0.1) is 5.56 Å². The van der Waals surface area contributed by atoms with Gasteiger partial charge in [0, 0.05) is 11.1 Å². The first-order chi connectivity index (χ1) is 13.8. The minimum atomic E-state index is -1.19. The number of amidine groups is 1. The number of aromatic carboxylic acids is 1. The van der Waals surface area contributed by atoms with Gasteiger partial charge in [0.2, 0.25) is 0 Å². The number of ether oxygens (including phenoxy) is 2. The van der Waals surface area contributed by atoms with Crippen molar-refractivity contribution in [2.75, 3.05) is 0 Å². The molecule has 29 heavy (non-hydrogen) atoms. The molecule has 0 radical (unpaired) electrons. The van der Waals surface area contributed by atoms with E-state index in [4.69, 9.17) is 25.7 Å². The Labute approximate surface area is 163 Å². The lowest BCUT2D eigenvalue weighted by Gasteiger charge is -2.13. The molecule has 0 saturated carbocycles. The van der Waals surface area contributed by atoms with Crippen molar-refractivity contribution < 1.29 is 28.2 Å². The van der Waals surface area contributed by atoms with Crippen LogP contribution in [-0.4, -0.2) is 21.9 Å². The number of carbonyl (C=O) groups is 1. The molecule has 148 valence electrons. The highest BCUT2D eigenvalue weighted by Crippen LogP contribution is 2.33. The van der Waals surface area contributed by atoms with Crippen molar-refractivity contribution in [2.45, 2.75) is 6.92 Å². The number of pyridine rings is 1. The maximum Gasteiger partial charge on any atom is 0.335 e. The molecule has 9 heteroatoms. The van der Waals surface area contributed by atoms with Gasteiger partial charge in [0.15, 0.2) is 11.6 Å². The number of halogens is 2. The van der Waals surface area contributed by atoms with Gasteiger partial charge in [-0.1, -0.05) is 18.2 Å². The Hall–Kier alpha value is -4.01. The van der Waals surface area contributed by atoms with E-state index in [2.05, 4.69) is 4.98 Å². The van der Waals surface area contributed by atoms with Crippen LogP contribution < -0.4 is 15.2 Å². The van der Waals surface area contributed by atoms with Crippen LogP contribution in [0.25, 0.3) is 0 Å². The third-order valence-electron chi connectivity index (χ3n) is 3.89. The summed E-state index contributed by atoms with van der Waals surface area (Å²) in [6, 6.07) is 11.3. The van der Waals surface area contributed by atoms with E-state index in [0.717, 1.165) is 0 Å². The van der Waals surface area contributed by atoms with Crippen molar-refractivity contribution in [2.24, 2.45) is 5.73 Å². The number of hydrogen-bond donors (Lipinski definition) is 3. The summed E-state index contributed by atoms with van der Waals surface area (Å²) in [6.45, 7) is 1.19. The second kappa shape index (κ2) is 7.93. The van der Waals surface area contributed by atoms with Crippen LogP contribution in [0.15, 0.2) is 48.5 Å². The fourth-order valence-electron chi connectivity index (χ4n) is 2.39. The first-order valence-corrected chi connectivity index (χ1v) is 8.25. The van der Waals surface area contributed by atoms with Gasteiger partial charge in [-0.15, -0.1) is 0 Å². The zero-order chi connectivity index (χ0) is 21.1. The van der Waals surface area contributed by atoms with Crippen LogP contribution in [0, 0.1) is 24.0 Å². The monoisotopic (exact) mass is 399 g/mol. The van der Waals surface area contributed by atoms with Gasteiger partial charge >= 0.3 is 5.97 Å². The number of rotatable bonds is 6. The Morgan fingerprint density at radius 3 is 1.97 bits per heavy atom. The highest BCUT2D eigenvalue weighted by Gasteiger charge is 2.21. The zero-order valence-corrected chi connectivity index (χ0v) is 15.1. The van der Waals surface area contributed by atoms with Crippen molar-refractivity contribution in [3.63, 3.8) is 0 Å². The minimum Gasteiger partial charge on any atom is -0.478 e. The predicted octanol–water partition coefficient (Wildman–Crippen LogP) is 4.24. The number of carboxylic acid groups (broad SMARTS) is 1. The van der Waals surface area contributed by atoms with Crippen molar-refractivity contribution in [3.05, 3.63) is 76.9 Å². The highest BCUT2D eigenvalue weighted by molar-refractivity contribution is 5.95. The van der Waals surface area contributed by atoms with E-state index in [9.17, 15) is 13.6 Å². The zero-order valence-electron chi connectivity index (χ0n) is 15.1. The molecule has 0 atom stereocenters. The molecule has 4 N–H and O–H groups in total.